The standard InChI is InChI=1S/C14H15ClN2O4/c15-11-3-1-8(5-12(11)17(20)21)14(19)16-6-9-2-4-13(18)10(9)7-16/h1,3,5,9-10,13,18H,2,4,6-7H2. The molecular formula is C14H15ClN2O4. The van der Waals surface area contributed by atoms with E-state index in [1.807, 2.05) is 0 Å². The van der Waals surface area contributed by atoms with Gasteiger partial charge in [0.25, 0.3) is 11.6 Å². The molecule has 1 N–H and O–H groups in total. The number of likely N-dealkylation sites (tertiary alicyclic amines) is 1. The van der Waals surface area contributed by atoms with Crippen LogP contribution < -0.4 is 0 Å². The van der Waals surface area contributed by atoms with E-state index in [-0.39, 0.29) is 34.2 Å². The largest absolute Gasteiger partial charge is 0.393 e. The predicted molar refractivity (Wildman–Crippen MR) is 76.2 cm³/mol. The van der Waals surface area contributed by atoms with E-state index >= 15 is 0 Å². The van der Waals surface area contributed by atoms with Crippen LogP contribution in [0.3, 0.4) is 0 Å². The highest BCUT2D eigenvalue weighted by Gasteiger charge is 2.43. The maximum atomic E-state index is 12.4. The normalized spacial score (nSPS) is 27.7. The molecule has 1 heterocycles. The molecule has 21 heavy (non-hydrogen) atoms. The first-order chi connectivity index (χ1) is 9.97. The van der Waals surface area contributed by atoms with Crippen LogP contribution in [0.25, 0.3) is 0 Å². The predicted octanol–water partition coefficient (Wildman–Crippen LogP) is 2.09. The minimum absolute atomic E-state index is 0.0188. The molecule has 1 amide bonds. The Hall–Kier alpha value is -1.66. The lowest BCUT2D eigenvalue weighted by Crippen LogP contribution is -2.31. The number of nitro benzene ring substituents is 1. The zero-order valence-corrected chi connectivity index (χ0v) is 12.0. The van der Waals surface area contributed by atoms with Gasteiger partial charge in [-0.3, -0.25) is 14.9 Å². The van der Waals surface area contributed by atoms with Gasteiger partial charge in [-0.25, -0.2) is 0 Å². The molecule has 1 aromatic rings. The molecule has 2 fully saturated rings. The number of nitro groups is 1. The van der Waals surface area contributed by atoms with Crippen molar-refractivity contribution in [1.82, 2.24) is 4.90 Å². The number of aliphatic hydroxyl groups is 1. The van der Waals surface area contributed by atoms with Gasteiger partial charge in [0, 0.05) is 30.6 Å². The van der Waals surface area contributed by atoms with Crippen LogP contribution in [0, 0.1) is 22.0 Å². The molecule has 3 rings (SSSR count). The first kappa shape index (κ1) is 14.3. The van der Waals surface area contributed by atoms with Gasteiger partial charge in [0.2, 0.25) is 0 Å². The number of aliphatic hydroxyl groups excluding tert-OH is 1. The molecule has 0 radical (unpaired) electrons. The van der Waals surface area contributed by atoms with E-state index in [0.717, 1.165) is 12.8 Å². The summed E-state index contributed by atoms with van der Waals surface area (Å²) >= 11 is 5.75. The van der Waals surface area contributed by atoms with Crippen molar-refractivity contribution in [2.45, 2.75) is 18.9 Å². The van der Waals surface area contributed by atoms with Crippen LogP contribution in [0.15, 0.2) is 18.2 Å². The summed E-state index contributed by atoms with van der Waals surface area (Å²) in [5, 5.41) is 20.8. The van der Waals surface area contributed by atoms with E-state index in [9.17, 15) is 20.0 Å². The third-order valence-electron chi connectivity index (χ3n) is 4.50. The molecule has 1 aromatic carbocycles. The molecule has 6 nitrogen and oxygen atoms in total. The number of fused-ring (bicyclic) bond motifs is 1. The fourth-order valence-corrected chi connectivity index (χ4v) is 3.56. The molecule has 0 bridgehead atoms. The number of halogens is 1. The van der Waals surface area contributed by atoms with Gasteiger partial charge in [-0.2, -0.15) is 0 Å². The van der Waals surface area contributed by atoms with Crippen LogP contribution in [0.2, 0.25) is 5.02 Å². The average Bonchev–Trinajstić information content (AvgIpc) is 3.01. The van der Waals surface area contributed by atoms with Gasteiger partial charge in [-0.1, -0.05) is 11.6 Å². The zero-order valence-electron chi connectivity index (χ0n) is 11.2. The lowest BCUT2D eigenvalue weighted by molar-refractivity contribution is -0.384. The Morgan fingerprint density at radius 2 is 2.14 bits per heavy atom. The van der Waals surface area contributed by atoms with Crippen LogP contribution >= 0.6 is 11.6 Å². The van der Waals surface area contributed by atoms with Crippen LogP contribution in [0.4, 0.5) is 5.69 Å². The second-order valence-electron chi connectivity index (χ2n) is 5.70. The number of rotatable bonds is 2. The van der Waals surface area contributed by atoms with Gasteiger partial charge >= 0.3 is 0 Å². The highest BCUT2D eigenvalue weighted by atomic mass is 35.5. The number of amides is 1. The quantitative estimate of drug-likeness (QED) is 0.669. The Kier molecular flexibility index (Phi) is 3.59. The van der Waals surface area contributed by atoms with E-state index in [1.54, 1.807) is 4.90 Å². The zero-order chi connectivity index (χ0) is 15.1. The van der Waals surface area contributed by atoms with Crippen molar-refractivity contribution in [3.8, 4) is 0 Å². The van der Waals surface area contributed by atoms with Crippen molar-refractivity contribution in [1.29, 1.82) is 0 Å². The van der Waals surface area contributed by atoms with Gasteiger partial charge in [-0.05, 0) is 30.9 Å². The Balaban J connectivity index is 1.80. The lowest BCUT2D eigenvalue weighted by atomic mass is 10.00. The Morgan fingerprint density at radius 3 is 2.81 bits per heavy atom. The maximum absolute atomic E-state index is 12.4. The second kappa shape index (κ2) is 5.27. The van der Waals surface area contributed by atoms with Crippen LogP contribution in [0.1, 0.15) is 23.2 Å². The molecule has 2 aliphatic rings. The molecule has 1 saturated carbocycles. The van der Waals surface area contributed by atoms with Crippen LogP contribution in [0.5, 0.6) is 0 Å². The monoisotopic (exact) mass is 310 g/mol. The van der Waals surface area contributed by atoms with Crippen LogP contribution in [-0.2, 0) is 0 Å². The Morgan fingerprint density at radius 1 is 1.38 bits per heavy atom. The topological polar surface area (TPSA) is 83.7 Å². The van der Waals surface area contributed by atoms with Gasteiger partial charge in [0.05, 0.1) is 11.0 Å². The fourth-order valence-electron chi connectivity index (χ4n) is 3.37. The maximum Gasteiger partial charge on any atom is 0.288 e. The van der Waals surface area contributed by atoms with E-state index in [0.29, 0.717) is 19.0 Å². The Labute approximate surface area is 126 Å². The summed E-state index contributed by atoms with van der Waals surface area (Å²) in [6.45, 7) is 1.12. The SMILES string of the molecule is O=C(c1ccc(Cl)c([N+](=O)[O-])c1)N1CC2CCC(O)C2C1. The Bertz CT molecular complexity index is 607. The highest BCUT2D eigenvalue weighted by molar-refractivity contribution is 6.32. The summed E-state index contributed by atoms with van der Waals surface area (Å²) in [5.74, 6) is 0.235. The van der Waals surface area contributed by atoms with E-state index < -0.39 is 4.92 Å². The summed E-state index contributed by atoms with van der Waals surface area (Å²) in [4.78, 5) is 24.4. The van der Waals surface area contributed by atoms with Crippen LogP contribution in [-0.4, -0.2) is 40.0 Å². The smallest absolute Gasteiger partial charge is 0.288 e. The molecule has 0 aromatic heterocycles. The molecule has 1 aliphatic heterocycles. The molecule has 3 atom stereocenters. The van der Waals surface area contributed by atoms with E-state index in [2.05, 4.69) is 0 Å². The molecule has 1 saturated heterocycles. The fraction of sp³-hybridized carbons (Fsp3) is 0.500. The molecule has 0 spiro atoms. The summed E-state index contributed by atoms with van der Waals surface area (Å²) in [6, 6.07) is 4.09. The first-order valence-electron chi connectivity index (χ1n) is 6.88. The van der Waals surface area contributed by atoms with Crippen molar-refractivity contribution in [2.24, 2.45) is 11.8 Å². The van der Waals surface area contributed by atoms with Gasteiger partial charge in [-0.15, -0.1) is 0 Å². The van der Waals surface area contributed by atoms with Crippen molar-refractivity contribution in [3.63, 3.8) is 0 Å². The number of nitrogens with zero attached hydrogens (tertiary/aromatic N) is 2. The number of carbonyl (C=O) groups excluding carboxylic acids is 1. The summed E-state index contributed by atoms with van der Waals surface area (Å²) in [7, 11) is 0. The first-order valence-corrected chi connectivity index (χ1v) is 7.26. The molecule has 3 unspecified atom stereocenters. The van der Waals surface area contributed by atoms with Gasteiger partial charge in [0.15, 0.2) is 0 Å². The summed E-state index contributed by atoms with van der Waals surface area (Å²) in [5.41, 5.74) is 0.00232. The molecule has 1 aliphatic carbocycles. The molecule has 7 heteroatoms. The highest BCUT2D eigenvalue weighted by Crippen LogP contribution is 2.38. The molecule has 112 valence electrons. The minimum atomic E-state index is -0.596. The number of hydrogen-bond acceptors (Lipinski definition) is 4. The van der Waals surface area contributed by atoms with Crippen molar-refractivity contribution in [3.05, 3.63) is 38.9 Å². The average molecular weight is 311 g/mol. The molecular weight excluding hydrogens is 296 g/mol. The van der Waals surface area contributed by atoms with Crippen molar-refractivity contribution < 1.29 is 14.8 Å². The van der Waals surface area contributed by atoms with Crippen molar-refractivity contribution in [2.75, 3.05) is 13.1 Å². The van der Waals surface area contributed by atoms with Gasteiger partial charge < -0.3 is 10.0 Å². The summed E-state index contributed by atoms with van der Waals surface area (Å²) < 4.78 is 0. The number of carbonyl (C=O) groups is 1. The third-order valence-corrected chi connectivity index (χ3v) is 4.82. The third kappa shape index (κ3) is 2.49. The number of benzene rings is 1. The van der Waals surface area contributed by atoms with E-state index in [4.69, 9.17) is 11.6 Å². The lowest BCUT2D eigenvalue weighted by Gasteiger charge is -2.18. The minimum Gasteiger partial charge on any atom is -0.393 e. The number of hydrogen-bond donors (Lipinski definition) is 1. The van der Waals surface area contributed by atoms with Gasteiger partial charge in [0.1, 0.15) is 5.02 Å². The second-order valence-corrected chi connectivity index (χ2v) is 6.11. The van der Waals surface area contributed by atoms with Crippen molar-refractivity contribution >= 4 is 23.2 Å². The summed E-state index contributed by atoms with van der Waals surface area (Å²) in [6.07, 6.45) is 1.38. The van der Waals surface area contributed by atoms with E-state index in [1.165, 1.54) is 18.2 Å².